The standard InChI is InChI=1S/C43H30/c1-43(2)39-26-32(21-22-33(39)38-24-29-13-5-6-14-30(29)25-40(38)43)42-36-17-9-7-15-34(36)41(35-16-8-10-18-37(35)42)31-20-19-27-11-3-4-12-28(27)23-31/h3-26H,1-2H3. The molecule has 0 amide bonds. The van der Waals surface area contributed by atoms with Crippen LogP contribution >= 0.6 is 0 Å². The average Bonchev–Trinajstić information content (AvgIpc) is 3.27. The average molecular weight is 547 g/mol. The van der Waals surface area contributed by atoms with E-state index in [-0.39, 0.29) is 5.41 Å². The molecule has 0 fully saturated rings. The minimum Gasteiger partial charge on any atom is -0.0616 e. The molecule has 0 heterocycles. The number of rotatable bonds is 2. The van der Waals surface area contributed by atoms with Gasteiger partial charge in [0.1, 0.15) is 0 Å². The summed E-state index contributed by atoms with van der Waals surface area (Å²) in [7, 11) is 0. The summed E-state index contributed by atoms with van der Waals surface area (Å²) in [6.45, 7) is 4.77. The Labute approximate surface area is 251 Å². The van der Waals surface area contributed by atoms with Crippen LogP contribution in [0.25, 0.3) is 76.5 Å². The monoisotopic (exact) mass is 546 g/mol. The first-order valence-corrected chi connectivity index (χ1v) is 15.2. The van der Waals surface area contributed by atoms with Crippen molar-refractivity contribution in [3.05, 3.63) is 157 Å². The third kappa shape index (κ3) is 3.50. The highest BCUT2D eigenvalue weighted by atomic mass is 14.4. The first-order chi connectivity index (χ1) is 21.1. The van der Waals surface area contributed by atoms with Crippen LogP contribution in [0.5, 0.6) is 0 Å². The van der Waals surface area contributed by atoms with Gasteiger partial charge in [0.15, 0.2) is 0 Å². The fourth-order valence-corrected chi connectivity index (χ4v) is 7.67. The lowest BCUT2D eigenvalue weighted by molar-refractivity contribution is 0.661. The first kappa shape index (κ1) is 24.4. The zero-order valence-corrected chi connectivity index (χ0v) is 24.4. The van der Waals surface area contributed by atoms with Crippen LogP contribution < -0.4 is 0 Å². The summed E-state index contributed by atoms with van der Waals surface area (Å²) in [5.74, 6) is 0. The second kappa shape index (κ2) is 8.90. The van der Waals surface area contributed by atoms with E-state index in [1.54, 1.807) is 0 Å². The van der Waals surface area contributed by atoms with Crippen molar-refractivity contribution < 1.29 is 0 Å². The highest BCUT2D eigenvalue weighted by Crippen LogP contribution is 2.52. The molecule has 1 aliphatic rings. The van der Waals surface area contributed by atoms with Gasteiger partial charge in [0.2, 0.25) is 0 Å². The molecule has 0 N–H and O–H groups in total. The van der Waals surface area contributed by atoms with Crippen LogP contribution in [-0.2, 0) is 5.41 Å². The third-order valence-electron chi connectivity index (χ3n) is 9.80. The Morgan fingerprint density at radius 3 is 1.40 bits per heavy atom. The SMILES string of the molecule is CC1(C)c2cc(-c3c4ccccc4c(-c4ccc5ccccc5c4)c4ccccc34)ccc2-c2cc3ccccc3cc21. The summed E-state index contributed by atoms with van der Waals surface area (Å²) < 4.78 is 0. The predicted molar refractivity (Wildman–Crippen MR) is 185 cm³/mol. The largest absolute Gasteiger partial charge is 0.0616 e. The van der Waals surface area contributed by atoms with Crippen LogP contribution in [0.1, 0.15) is 25.0 Å². The van der Waals surface area contributed by atoms with Gasteiger partial charge >= 0.3 is 0 Å². The lowest BCUT2D eigenvalue weighted by Crippen LogP contribution is -2.15. The summed E-state index contributed by atoms with van der Waals surface area (Å²) in [6, 6.07) is 54.2. The Hall–Kier alpha value is -5.20. The van der Waals surface area contributed by atoms with Crippen molar-refractivity contribution in [3.8, 4) is 33.4 Å². The predicted octanol–water partition coefficient (Wildman–Crippen LogP) is 11.9. The van der Waals surface area contributed by atoms with Gasteiger partial charge in [-0.2, -0.15) is 0 Å². The minimum atomic E-state index is -0.0820. The summed E-state index contributed by atoms with van der Waals surface area (Å²) in [5.41, 5.74) is 10.6. The fourth-order valence-electron chi connectivity index (χ4n) is 7.67. The van der Waals surface area contributed by atoms with E-state index in [4.69, 9.17) is 0 Å². The topological polar surface area (TPSA) is 0 Å². The molecule has 0 nitrogen and oxygen atoms in total. The maximum absolute atomic E-state index is 2.48. The van der Waals surface area contributed by atoms with Crippen molar-refractivity contribution in [3.63, 3.8) is 0 Å². The molecule has 0 unspecified atom stereocenters. The quantitative estimate of drug-likeness (QED) is 0.189. The molecule has 0 atom stereocenters. The molecular formula is C43H30. The Morgan fingerprint density at radius 1 is 0.349 bits per heavy atom. The van der Waals surface area contributed by atoms with E-state index in [9.17, 15) is 0 Å². The van der Waals surface area contributed by atoms with Gasteiger partial charge in [0.05, 0.1) is 0 Å². The van der Waals surface area contributed by atoms with Gasteiger partial charge in [0.25, 0.3) is 0 Å². The third-order valence-corrected chi connectivity index (χ3v) is 9.80. The molecule has 0 radical (unpaired) electrons. The van der Waals surface area contributed by atoms with E-state index in [0.717, 1.165) is 0 Å². The molecule has 0 saturated carbocycles. The summed E-state index contributed by atoms with van der Waals surface area (Å²) in [5, 5.41) is 10.3. The van der Waals surface area contributed by atoms with E-state index >= 15 is 0 Å². The van der Waals surface area contributed by atoms with Crippen LogP contribution in [0.2, 0.25) is 0 Å². The number of benzene rings is 8. The van der Waals surface area contributed by atoms with E-state index < -0.39 is 0 Å². The van der Waals surface area contributed by atoms with E-state index in [1.807, 2.05) is 0 Å². The van der Waals surface area contributed by atoms with Gasteiger partial charge in [-0.1, -0.05) is 135 Å². The van der Waals surface area contributed by atoms with Crippen molar-refractivity contribution in [1.82, 2.24) is 0 Å². The second-order valence-corrected chi connectivity index (χ2v) is 12.5. The van der Waals surface area contributed by atoms with Gasteiger partial charge in [-0.25, -0.2) is 0 Å². The van der Waals surface area contributed by atoms with Crippen LogP contribution in [0, 0.1) is 0 Å². The van der Waals surface area contributed by atoms with Crippen LogP contribution in [0.4, 0.5) is 0 Å². The molecule has 0 spiro atoms. The maximum Gasteiger partial charge on any atom is 0.0159 e. The number of hydrogen-bond donors (Lipinski definition) is 0. The molecule has 0 saturated heterocycles. The Morgan fingerprint density at radius 2 is 0.791 bits per heavy atom. The van der Waals surface area contributed by atoms with Gasteiger partial charge in [-0.05, 0) is 112 Å². The Bertz CT molecular complexity index is 2360. The zero-order valence-electron chi connectivity index (χ0n) is 24.4. The normalized spacial score (nSPS) is 13.5. The summed E-state index contributed by atoms with van der Waals surface area (Å²) in [6.07, 6.45) is 0. The fraction of sp³-hybridized carbons (Fsp3) is 0.0698. The Balaban J connectivity index is 1.32. The van der Waals surface area contributed by atoms with Crippen LogP contribution in [0.3, 0.4) is 0 Å². The molecule has 0 aromatic heterocycles. The lowest BCUT2D eigenvalue weighted by Gasteiger charge is -2.23. The minimum absolute atomic E-state index is 0.0820. The molecule has 8 aromatic rings. The number of fused-ring (bicyclic) bond motifs is 7. The smallest absolute Gasteiger partial charge is 0.0159 e. The summed E-state index contributed by atoms with van der Waals surface area (Å²) in [4.78, 5) is 0. The molecule has 43 heavy (non-hydrogen) atoms. The second-order valence-electron chi connectivity index (χ2n) is 12.5. The molecule has 0 aliphatic heterocycles. The number of hydrogen-bond acceptors (Lipinski definition) is 0. The van der Waals surface area contributed by atoms with Gasteiger partial charge in [-0.15, -0.1) is 0 Å². The molecule has 0 bridgehead atoms. The van der Waals surface area contributed by atoms with Crippen molar-refractivity contribution in [2.75, 3.05) is 0 Å². The lowest BCUT2D eigenvalue weighted by atomic mass is 9.80. The van der Waals surface area contributed by atoms with E-state index in [1.165, 1.54) is 87.6 Å². The summed E-state index contributed by atoms with van der Waals surface area (Å²) >= 11 is 0. The van der Waals surface area contributed by atoms with Gasteiger partial charge < -0.3 is 0 Å². The maximum atomic E-state index is 2.48. The van der Waals surface area contributed by atoms with Crippen molar-refractivity contribution in [1.29, 1.82) is 0 Å². The highest BCUT2D eigenvalue weighted by Gasteiger charge is 2.36. The Kier molecular flexibility index (Phi) is 5.05. The van der Waals surface area contributed by atoms with Gasteiger partial charge in [0, 0.05) is 5.41 Å². The molecule has 1 aliphatic carbocycles. The first-order valence-electron chi connectivity index (χ1n) is 15.2. The van der Waals surface area contributed by atoms with Crippen molar-refractivity contribution in [2.45, 2.75) is 19.3 Å². The van der Waals surface area contributed by atoms with E-state index in [2.05, 4.69) is 159 Å². The highest BCUT2D eigenvalue weighted by molar-refractivity contribution is 6.21. The molecular weight excluding hydrogens is 516 g/mol. The molecule has 0 heteroatoms. The zero-order chi connectivity index (χ0) is 28.7. The van der Waals surface area contributed by atoms with Crippen molar-refractivity contribution >= 4 is 43.1 Å². The molecule has 8 aromatic carbocycles. The van der Waals surface area contributed by atoms with Crippen molar-refractivity contribution in [2.24, 2.45) is 0 Å². The van der Waals surface area contributed by atoms with E-state index in [0.29, 0.717) is 0 Å². The molecule has 202 valence electrons. The van der Waals surface area contributed by atoms with Gasteiger partial charge in [-0.3, -0.25) is 0 Å². The molecule has 9 rings (SSSR count). The van der Waals surface area contributed by atoms with Crippen LogP contribution in [0.15, 0.2) is 146 Å². The van der Waals surface area contributed by atoms with Crippen LogP contribution in [-0.4, -0.2) is 0 Å².